The monoisotopic (exact) mass is 309 g/mol. The Morgan fingerprint density at radius 3 is 2.70 bits per heavy atom. The van der Waals surface area contributed by atoms with E-state index in [9.17, 15) is 4.79 Å². The van der Waals surface area contributed by atoms with Gasteiger partial charge in [-0.3, -0.25) is 4.79 Å². The Labute approximate surface area is 132 Å². The molecule has 3 aromatic rings. The molecular weight excluding hydrogens is 294 g/mol. The van der Waals surface area contributed by atoms with Crippen molar-refractivity contribution in [1.29, 1.82) is 0 Å². The van der Waals surface area contributed by atoms with Crippen molar-refractivity contribution in [3.8, 4) is 0 Å². The van der Waals surface area contributed by atoms with Crippen molar-refractivity contribution in [1.82, 2.24) is 9.97 Å². The van der Waals surface area contributed by atoms with Gasteiger partial charge in [0.1, 0.15) is 0 Å². The summed E-state index contributed by atoms with van der Waals surface area (Å²) in [4.78, 5) is 19.5. The largest absolute Gasteiger partial charge is 0.346 e. The number of fused-ring (bicyclic) bond motifs is 1. The maximum Gasteiger partial charge on any atom is 0.255 e. The summed E-state index contributed by atoms with van der Waals surface area (Å²) in [7, 11) is 0. The number of amides is 1. The first-order chi connectivity index (χ1) is 11.3. The van der Waals surface area contributed by atoms with Gasteiger partial charge in [-0.2, -0.15) is 0 Å². The molecule has 1 fully saturated rings. The van der Waals surface area contributed by atoms with Gasteiger partial charge in [0.2, 0.25) is 0 Å². The molecule has 0 bridgehead atoms. The number of carbonyl (C=O) groups excluding carboxylic acids is 1. The van der Waals surface area contributed by atoms with Crippen LogP contribution in [0.25, 0.3) is 11.0 Å². The van der Waals surface area contributed by atoms with E-state index in [0.717, 1.165) is 22.3 Å². The number of benzene rings is 2. The second kappa shape index (κ2) is 5.83. The van der Waals surface area contributed by atoms with Crippen LogP contribution in [0.3, 0.4) is 0 Å². The Morgan fingerprint density at radius 2 is 1.91 bits per heavy atom. The van der Waals surface area contributed by atoms with Gasteiger partial charge in [-0.1, -0.05) is 12.1 Å². The first-order valence-corrected chi connectivity index (χ1v) is 7.37. The maximum atomic E-state index is 12.3. The lowest BCUT2D eigenvalue weighted by molar-refractivity contribution is -0.0441. The predicted octanol–water partition coefficient (Wildman–Crippen LogP) is 2.86. The Balaban J connectivity index is 1.49. The summed E-state index contributed by atoms with van der Waals surface area (Å²) in [6.07, 6.45) is 1.31. The molecule has 2 aromatic carbocycles. The van der Waals surface area contributed by atoms with Gasteiger partial charge in [0.15, 0.2) is 6.29 Å². The van der Waals surface area contributed by atoms with Crippen LogP contribution in [0.15, 0.2) is 48.8 Å². The molecule has 116 valence electrons. The average Bonchev–Trinajstić information content (AvgIpc) is 3.26. The number of nitrogens with one attached hydrogen (secondary N) is 2. The first-order valence-electron chi connectivity index (χ1n) is 7.37. The van der Waals surface area contributed by atoms with E-state index in [4.69, 9.17) is 9.47 Å². The number of imidazole rings is 1. The number of anilines is 1. The summed E-state index contributed by atoms with van der Waals surface area (Å²) >= 11 is 0. The third-order valence-electron chi connectivity index (χ3n) is 3.74. The normalized spacial score (nSPS) is 15.1. The lowest BCUT2D eigenvalue weighted by Gasteiger charge is -2.10. The zero-order chi connectivity index (χ0) is 15.6. The molecule has 0 radical (unpaired) electrons. The molecule has 0 atom stereocenters. The molecule has 0 unspecified atom stereocenters. The maximum absolute atomic E-state index is 12.3. The van der Waals surface area contributed by atoms with Crippen molar-refractivity contribution in [3.63, 3.8) is 0 Å². The summed E-state index contributed by atoms with van der Waals surface area (Å²) in [6.45, 7) is 1.22. The van der Waals surface area contributed by atoms with Crippen molar-refractivity contribution >= 4 is 22.6 Å². The lowest BCUT2D eigenvalue weighted by atomic mass is 10.1. The SMILES string of the molecule is O=C(Nc1ccc(C2OCCO2)cc1)c1ccc2nc[nH]c2c1. The molecule has 1 amide bonds. The number of H-pyrrole nitrogens is 1. The van der Waals surface area contributed by atoms with E-state index in [0.29, 0.717) is 18.8 Å². The van der Waals surface area contributed by atoms with Crippen molar-refractivity contribution in [3.05, 3.63) is 59.9 Å². The number of aromatic amines is 1. The van der Waals surface area contributed by atoms with Gasteiger partial charge in [-0.05, 0) is 30.3 Å². The molecule has 4 rings (SSSR count). The van der Waals surface area contributed by atoms with Gasteiger partial charge in [0.25, 0.3) is 5.91 Å². The third-order valence-corrected chi connectivity index (χ3v) is 3.74. The number of carbonyl (C=O) groups is 1. The van der Waals surface area contributed by atoms with Gasteiger partial charge in [0.05, 0.1) is 30.6 Å². The fraction of sp³-hybridized carbons (Fsp3) is 0.176. The van der Waals surface area contributed by atoms with Gasteiger partial charge in [0, 0.05) is 16.8 Å². The van der Waals surface area contributed by atoms with E-state index in [-0.39, 0.29) is 12.2 Å². The molecular formula is C17H15N3O3. The highest BCUT2D eigenvalue weighted by Crippen LogP contribution is 2.24. The number of nitrogens with zero attached hydrogens (tertiary/aromatic N) is 1. The minimum absolute atomic E-state index is 0.164. The predicted molar refractivity (Wildman–Crippen MR) is 85.1 cm³/mol. The van der Waals surface area contributed by atoms with Gasteiger partial charge < -0.3 is 19.8 Å². The molecule has 1 aliphatic rings. The summed E-state index contributed by atoms with van der Waals surface area (Å²) in [6, 6.07) is 12.8. The van der Waals surface area contributed by atoms with Crippen LogP contribution in [0.2, 0.25) is 0 Å². The number of rotatable bonds is 3. The third kappa shape index (κ3) is 2.81. The van der Waals surface area contributed by atoms with E-state index in [1.807, 2.05) is 30.3 Å². The van der Waals surface area contributed by atoms with Crippen LogP contribution in [0.4, 0.5) is 5.69 Å². The van der Waals surface area contributed by atoms with Gasteiger partial charge in [-0.25, -0.2) is 4.98 Å². The Bertz CT molecular complexity index is 836. The highest BCUT2D eigenvalue weighted by molar-refractivity contribution is 6.05. The van der Waals surface area contributed by atoms with Crippen LogP contribution in [-0.2, 0) is 9.47 Å². The molecule has 0 saturated carbocycles. The van der Waals surface area contributed by atoms with E-state index in [1.54, 1.807) is 18.5 Å². The molecule has 2 heterocycles. The quantitative estimate of drug-likeness (QED) is 0.780. The molecule has 23 heavy (non-hydrogen) atoms. The summed E-state index contributed by atoms with van der Waals surface area (Å²) in [5.74, 6) is -0.164. The van der Waals surface area contributed by atoms with Crippen LogP contribution in [0.1, 0.15) is 22.2 Å². The smallest absolute Gasteiger partial charge is 0.255 e. The minimum atomic E-state index is -0.303. The van der Waals surface area contributed by atoms with E-state index < -0.39 is 0 Å². The second-order valence-corrected chi connectivity index (χ2v) is 5.28. The van der Waals surface area contributed by atoms with Crippen molar-refractivity contribution < 1.29 is 14.3 Å². The zero-order valence-corrected chi connectivity index (χ0v) is 12.3. The van der Waals surface area contributed by atoms with Crippen LogP contribution >= 0.6 is 0 Å². The van der Waals surface area contributed by atoms with Gasteiger partial charge >= 0.3 is 0 Å². The molecule has 0 spiro atoms. The highest BCUT2D eigenvalue weighted by atomic mass is 16.7. The number of ether oxygens (including phenoxy) is 2. The zero-order valence-electron chi connectivity index (χ0n) is 12.3. The van der Waals surface area contributed by atoms with E-state index in [1.165, 1.54) is 0 Å². The van der Waals surface area contributed by atoms with E-state index >= 15 is 0 Å². The number of aromatic nitrogens is 2. The molecule has 1 saturated heterocycles. The average molecular weight is 309 g/mol. The number of hydrogen-bond acceptors (Lipinski definition) is 4. The second-order valence-electron chi connectivity index (χ2n) is 5.28. The lowest BCUT2D eigenvalue weighted by Crippen LogP contribution is -2.11. The molecule has 1 aromatic heterocycles. The van der Waals surface area contributed by atoms with E-state index in [2.05, 4.69) is 15.3 Å². The Kier molecular flexibility index (Phi) is 3.53. The fourth-order valence-electron chi connectivity index (χ4n) is 2.55. The molecule has 6 heteroatoms. The minimum Gasteiger partial charge on any atom is -0.346 e. The number of hydrogen-bond donors (Lipinski definition) is 2. The topological polar surface area (TPSA) is 76.2 Å². The molecule has 0 aliphatic carbocycles. The standard InChI is InChI=1S/C17H15N3O3/c21-16(12-3-6-14-15(9-12)19-10-18-14)20-13-4-1-11(2-5-13)17-22-7-8-23-17/h1-6,9-10,17H,7-8H2,(H,18,19)(H,20,21). The Hall–Kier alpha value is -2.70. The van der Waals surface area contributed by atoms with Crippen LogP contribution < -0.4 is 5.32 Å². The van der Waals surface area contributed by atoms with Crippen molar-refractivity contribution in [2.75, 3.05) is 18.5 Å². The Morgan fingerprint density at radius 1 is 1.13 bits per heavy atom. The van der Waals surface area contributed by atoms with Crippen LogP contribution in [0.5, 0.6) is 0 Å². The summed E-state index contributed by atoms with van der Waals surface area (Å²) in [5, 5.41) is 2.88. The van der Waals surface area contributed by atoms with Crippen LogP contribution in [-0.4, -0.2) is 29.1 Å². The first kappa shape index (κ1) is 13.9. The van der Waals surface area contributed by atoms with Gasteiger partial charge in [-0.15, -0.1) is 0 Å². The summed E-state index contributed by atoms with van der Waals surface area (Å²) in [5.41, 5.74) is 3.92. The molecule has 1 aliphatic heterocycles. The van der Waals surface area contributed by atoms with Crippen molar-refractivity contribution in [2.45, 2.75) is 6.29 Å². The fourth-order valence-corrected chi connectivity index (χ4v) is 2.55. The summed E-state index contributed by atoms with van der Waals surface area (Å²) < 4.78 is 10.9. The van der Waals surface area contributed by atoms with Crippen molar-refractivity contribution in [2.24, 2.45) is 0 Å². The van der Waals surface area contributed by atoms with Crippen LogP contribution in [0, 0.1) is 0 Å². The highest BCUT2D eigenvalue weighted by Gasteiger charge is 2.18. The molecule has 6 nitrogen and oxygen atoms in total. The molecule has 2 N–H and O–H groups in total.